The van der Waals surface area contributed by atoms with Gasteiger partial charge in [0.05, 0.1) is 0 Å². The maximum atomic E-state index is 13.8. The molecule has 14 heavy (non-hydrogen) atoms. The molecule has 0 aromatic rings. The summed E-state index contributed by atoms with van der Waals surface area (Å²) in [4.78, 5) is 11.5. The molecule has 0 spiro atoms. The number of hydrogen-bond acceptors (Lipinski definition) is 2. The summed E-state index contributed by atoms with van der Waals surface area (Å²) in [5.74, 6) is -4.05. The SMILES string of the molecule is CNC(=O)C12CCC(CNC1)C2(F)F. The molecule has 0 aromatic heterocycles. The third-order valence-corrected chi connectivity index (χ3v) is 3.55. The van der Waals surface area contributed by atoms with Crippen LogP contribution in [-0.2, 0) is 4.79 Å². The topological polar surface area (TPSA) is 41.1 Å². The Morgan fingerprint density at radius 3 is 2.93 bits per heavy atom. The second-order valence-corrected chi connectivity index (χ2v) is 4.15. The molecule has 2 atom stereocenters. The van der Waals surface area contributed by atoms with E-state index in [4.69, 9.17) is 0 Å². The molecule has 1 aliphatic carbocycles. The Hall–Kier alpha value is -0.710. The Labute approximate surface area is 81.2 Å². The summed E-state index contributed by atoms with van der Waals surface area (Å²) in [6.07, 6.45) is 0.727. The van der Waals surface area contributed by atoms with E-state index in [2.05, 4.69) is 10.6 Å². The molecular formula is C9H14F2N2O. The lowest BCUT2D eigenvalue weighted by Crippen LogP contribution is -2.60. The van der Waals surface area contributed by atoms with Crippen LogP contribution in [0.2, 0.25) is 0 Å². The Morgan fingerprint density at radius 2 is 2.29 bits per heavy atom. The van der Waals surface area contributed by atoms with Crippen LogP contribution >= 0.6 is 0 Å². The highest BCUT2D eigenvalue weighted by Crippen LogP contribution is 2.55. The Kier molecular flexibility index (Phi) is 2.03. The van der Waals surface area contributed by atoms with E-state index in [-0.39, 0.29) is 13.0 Å². The van der Waals surface area contributed by atoms with Crippen molar-refractivity contribution in [3.8, 4) is 0 Å². The normalized spacial score (nSPS) is 39.5. The fourth-order valence-corrected chi connectivity index (χ4v) is 2.64. The van der Waals surface area contributed by atoms with Crippen molar-refractivity contribution in [3.63, 3.8) is 0 Å². The highest BCUT2D eigenvalue weighted by Gasteiger charge is 2.67. The number of hydrogen-bond donors (Lipinski definition) is 2. The van der Waals surface area contributed by atoms with Crippen LogP contribution in [0.5, 0.6) is 0 Å². The average molecular weight is 204 g/mol. The molecule has 2 N–H and O–H groups in total. The Bertz CT molecular complexity index is 266. The smallest absolute Gasteiger partial charge is 0.267 e. The summed E-state index contributed by atoms with van der Waals surface area (Å²) in [6.45, 7) is 0.419. The first kappa shape index (κ1) is 9.83. The number of halogens is 2. The molecule has 80 valence electrons. The maximum Gasteiger partial charge on any atom is 0.267 e. The average Bonchev–Trinajstić information content (AvgIpc) is 2.39. The number of amides is 1. The molecule has 2 fully saturated rings. The van der Waals surface area contributed by atoms with Crippen LogP contribution in [0.15, 0.2) is 0 Å². The van der Waals surface area contributed by atoms with Gasteiger partial charge in [-0.2, -0.15) is 0 Å². The van der Waals surface area contributed by atoms with Gasteiger partial charge in [-0.1, -0.05) is 0 Å². The van der Waals surface area contributed by atoms with Gasteiger partial charge in [-0.15, -0.1) is 0 Å². The fourth-order valence-electron chi connectivity index (χ4n) is 2.64. The van der Waals surface area contributed by atoms with Crippen molar-refractivity contribution in [1.82, 2.24) is 10.6 Å². The zero-order valence-corrected chi connectivity index (χ0v) is 8.07. The lowest BCUT2D eigenvalue weighted by Gasteiger charge is -2.39. The van der Waals surface area contributed by atoms with Gasteiger partial charge in [0.1, 0.15) is 5.41 Å². The highest BCUT2D eigenvalue weighted by atomic mass is 19.3. The largest absolute Gasteiger partial charge is 0.358 e. The van der Waals surface area contributed by atoms with Gasteiger partial charge >= 0.3 is 0 Å². The lowest BCUT2D eigenvalue weighted by molar-refractivity contribution is -0.168. The molecule has 1 aliphatic heterocycles. The van der Waals surface area contributed by atoms with Crippen molar-refractivity contribution in [3.05, 3.63) is 0 Å². The van der Waals surface area contributed by atoms with Crippen molar-refractivity contribution in [1.29, 1.82) is 0 Å². The summed E-state index contributed by atoms with van der Waals surface area (Å²) in [5, 5.41) is 5.27. The third-order valence-electron chi connectivity index (χ3n) is 3.55. The molecule has 2 bridgehead atoms. The number of piperidine rings is 1. The summed E-state index contributed by atoms with van der Waals surface area (Å²) in [7, 11) is 1.41. The molecule has 1 heterocycles. The van der Waals surface area contributed by atoms with Crippen molar-refractivity contribution in [2.45, 2.75) is 18.8 Å². The number of carbonyl (C=O) groups is 1. The Balaban J connectivity index is 2.37. The van der Waals surface area contributed by atoms with Gasteiger partial charge in [-0.3, -0.25) is 4.79 Å². The van der Waals surface area contributed by atoms with E-state index in [1.54, 1.807) is 0 Å². The van der Waals surface area contributed by atoms with Crippen molar-refractivity contribution in [2.24, 2.45) is 11.3 Å². The number of carbonyl (C=O) groups excluding carboxylic acids is 1. The van der Waals surface area contributed by atoms with E-state index < -0.39 is 23.2 Å². The molecule has 1 amide bonds. The number of rotatable bonds is 1. The second-order valence-electron chi connectivity index (χ2n) is 4.15. The monoisotopic (exact) mass is 204 g/mol. The van der Waals surface area contributed by atoms with E-state index >= 15 is 0 Å². The van der Waals surface area contributed by atoms with E-state index in [0.29, 0.717) is 13.0 Å². The zero-order valence-electron chi connectivity index (χ0n) is 8.07. The highest BCUT2D eigenvalue weighted by molar-refractivity contribution is 5.84. The van der Waals surface area contributed by atoms with Crippen LogP contribution in [-0.4, -0.2) is 32.0 Å². The summed E-state index contributed by atoms with van der Waals surface area (Å²) in [5.41, 5.74) is -1.50. The van der Waals surface area contributed by atoms with Crippen LogP contribution in [0, 0.1) is 11.3 Å². The molecule has 0 radical (unpaired) electrons. The molecule has 1 saturated carbocycles. The predicted octanol–water partition coefficient (Wildman–Crippen LogP) is 0.367. The molecule has 1 saturated heterocycles. The predicted molar refractivity (Wildman–Crippen MR) is 47.0 cm³/mol. The van der Waals surface area contributed by atoms with Gasteiger partial charge in [0.15, 0.2) is 0 Å². The van der Waals surface area contributed by atoms with Crippen LogP contribution in [0.1, 0.15) is 12.8 Å². The van der Waals surface area contributed by atoms with E-state index in [0.717, 1.165) is 0 Å². The van der Waals surface area contributed by atoms with Crippen molar-refractivity contribution in [2.75, 3.05) is 20.1 Å². The second kappa shape index (κ2) is 2.89. The molecule has 2 unspecified atom stereocenters. The minimum atomic E-state index is -2.85. The summed E-state index contributed by atoms with van der Waals surface area (Å²) in [6, 6.07) is 0. The first-order valence-corrected chi connectivity index (χ1v) is 4.85. The number of nitrogens with one attached hydrogen (secondary N) is 2. The quantitative estimate of drug-likeness (QED) is 0.648. The lowest BCUT2D eigenvalue weighted by atomic mass is 9.78. The van der Waals surface area contributed by atoms with Gasteiger partial charge in [-0.25, -0.2) is 8.78 Å². The zero-order chi connectivity index (χ0) is 10.4. The molecule has 5 heteroatoms. The summed E-state index contributed by atoms with van der Waals surface area (Å²) < 4.78 is 27.7. The van der Waals surface area contributed by atoms with Gasteiger partial charge in [0.25, 0.3) is 5.92 Å². The van der Waals surface area contributed by atoms with Gasteiger partial charge < -0.3 is 10.6 Å². The standard InChI is InChI=1S/C9H14F2N2O/c1-12-7(14)8-3-2-6(4-13-5-8)9(8,10)11/h6,13H,2-5H2,1H3,(H,12,14). The number of alkyl halides is 2. The first-order valence-electron chi connectivity index (χ1n) is 4.85. The Morgan fingerprint density at radius 1 is 1.57 bits per heavy atom. The van der Waals surface area contributed by atoms with Crippen LogP contribution < -0.4 is 10.6 Å². The first-order chi connectivity index (χ1) is 6.54. The van der Waals surface area contributed by atoms with Crippen molar-refractivity contribution < 1.29 is 13.6 Å². The van der Waals surface area contributed by atoms with E-state index in [1.165, 1.54) is 7.05 Å². The molecule has 0 aromatic carbocycles. The fraction of sp³-hybridized carbons (Fsp3) is 0.889. The molecule has 2 aliphatic rings. The summed E-state index contributed by atoms with van der Waals surface area (Å²) >= 11 is 0. The minimum absolute atomic E-state index is 0.0934. The molecule has 2 rings (SSSR count). The molecule has 3 nitrogen and oxygen atoms in total. The number of fused-ring (bicyclic) bond motifs is 2. The molecular weight excluding hydrogens is 190 g/mol. The minimum Gasteiger partial charge on any atom is -0.358 e. The van der Waals surface area contributed by atoms with Gasteiger partial charge in [0, 0.05) is 26.1 Å². The van der Waals surface area contributed by atoms with Crippen molar-refractivity contribution >= 4 is 5.91 Å². The van der Waals surface area contributed by atoms with Gasteiger partial charge in [0.2, 0.25) is 5.91 Å². The maximum absolute atomic E-state index is 13.8. The van der Waals surface area contributed by atoms with E-state index in [9.17, 15) is 13.6 Å². The van der Waals surface area contributed by atoms with Crippen LogP contribution in [0.3, 0.4) is 0 Å². The van der Waals surface area contributed by atoms with Gasteiger partial charge in [-0.05, 0) is 12.8 Å². The van der Waals surface area contributed by atoms with E-state index in [1.807, 2.05) is 0 Å². The van der Waals surface area contributed by atoms with Crippen LogP contribution in [0.4, 0.5) is 8.78 Å². The third kappa shape index (κ3) is 0.960. The van der Waals surface area contributed by atoms with Crippen LogP contribution in [0.25, 0.3) is 0 Å².